The molecule has 2 aromatic heterocycles. The molecule has 1 saturated heterocycles. The topological polar surface area (TPSA) is 75.1 Å². The quantitative estimate of drug-likeness (QED) is 0.685. The Kier molecular flexibility index (Phi) is 7.03. The van der Waals surface area contributed by atoms with E-state index < -0.39 is 0 Å². The summed E-state index contributed by atoms with van der Waals surface area (Å²) in [7, 11) is 2.15. The molecule has 0 saturated carbocycles. The van der Waals surface area contributed by atoms with Crippen molar-refractivity contribution in [3.05, 3.63) is 42.1 Å². The first-order valence-electron chi connectivity index (χ1n) is 10.2. The minimum absolute atomic E-state index is 0.0759. The van der Waals surface area contributed by atoms with E-state index in [2.05, 4.69) is 51.0 Å². The summed E-state index contributed by atoms with van der Waals surface area (Å²) in [5, 5.41) is 6.45. The molecule has 3 rings (SSSR count). The van der Waals surface area contributed by atoms with Crippen LogP contribution in [0.1, 0.15) is 55.2 Å². The molecule has 1 aliphatic heterocycles. The summed E-state index contributed by atoms with van der Waals surface area (Å²) >= 11 is 0. The van der Waals surface area contributed by atoms with Gasteiger partial charge in [-0.2, -0.15) is 0 Å². The van der Waals surface area contributed by atoms with Crippen LogP contribution < -0.4 is 10.6 Å². The van der Waals surface area contributed by atoms with Gasteiger partial charge in [0.2, 0.25) is 0 Å². The maximum atomic E-state index is 12.3. The zero-order valence-electron chi connectivity index (χ0n) is 17.2. The molecule has 1 amide bonds. The van der Waals surface area contributed by atoms with Gasteiger partial charge in [0, 0.05) is 43.6 Å². The van der Waals surface area contributed by atoms with Crippen molar-refractivity contribution in [2.75, 3.05) is 32.0 Å². The van der Waals surface area contributed by atoms with Crippen molar-refractivity contribution < 1.29 is 4.79 Å². The van der Waals surface area contributed by atoms with Crippen molar-refractivity contribution in [2.45, 2.75) is 51.6 Å². The van der Waals surface area contributed by atoms with E-state index in [0.29, 0.717) is 24.1 Å². The van der Waals surface area contributed by atoms with E-state index >= 15 is 0 Å². The summed E-state index contributed by atoms with van der Waals surface area (Å²) < 4.78 is 2.15. The van der Waals surface area contributed by atoms with Crippen LogP contribution in [-0.4, -0.2) is 58.1 Å². The molecular weight excluding hydrogens is 352 g/mol. The molecule has 0 unspecified atom stereocenters. The molecule has 28 heavy (non-hydrogen) atoms. The Labute approximate surface area is 167 Å². The number of nitrogens with zero attached hydrogens (tertiary/aromatic N) is 4. The zero-order chi connectivity index (χ0) is 19.9. The molecule has 2 aromatic rings. The normalized spacial score (nSPS) is 15.7. The molecule has 152 valence electrons. The van der Waals surface area contributed by atoms with Crippen LogP contribution in [0.3, 0.4) is 0 Å². The van der Waals surface area contributed by atoms with Crippen LogP contribution >= 0.6 is 0 Å². The number of hydrogen-bond donors (Lipinski definition) is 2. The lowest BCUT2D eigenvalue weighted by Crippen LogP contribution is -2.36. The SMILES string of the molecule is CC(C)c1nccn1CCCNC(=O)c1ccc(NC2CCN(C)CC2)nc1. The van der Waals surface area contributed by atoms with Crippen molar-refractivity contribution in [3.8, 4) is 0 Å². The van der Waals surface area contributed by atoms with Crippen LogP contribution in [0.5, 0.6) is 0 Å². The van der Waals surface area contributed by atoms with Gasteiger partial charge in [-0.1, -0.05) is 13.8 Å². The molecule has 1 aliphatic rings. The number of imidazole rings is 1. The van der Waals surface area contributed by atoms with Gasteiger partial charge in [-0.3, -0.25) is 4.79 Å². The van der Waals surface area contributed by atoms with Gasteiger partial charge < -0.3 is 20.1 Å². The van der Waals surface area contributed by atoms with Crippen LogP contribution in [0, 0.1) is 0 Å². The second-order valence-electron chi connectivity index (χ2n) is 7.90. The van der Waals surface area contributed by atoms with Crippen LogP contribution in [0.15, 0.2) is 30.7 Å². The lowest BCUT2D eigenvalue weighted by molar-refractivity contribution is 0.0952. The third kappa shape index (κ3) is 5.55. The van der Waals surface area contributed by atoms with Crippen molar-refractivity contribution >= 4 is 11.7 Å². The number of likely N-dealkylation sites (tertiary alicyclic amines) is 1. The second-order valence-corrected chi connectivity index (χ2v) is 7.90. The highest BCUT2D eigenvalue weighted by Gasteiger charge is 2.16. The smallest absolute Gasteiger partial charge is 0.252 e. The minimum atomic E-state index is -0.0759. The summed E-state index contributed by atoms with van der Waals surface area (Å²) in [6, 6.07) is 4.20. The summed E-state index contributed by atoms with van der Waals surface area (Å²) in [5.74, 6) is 2.25. The fourth-order valence-corrected chi connectivity index (χ4v) is 3.54. The average molecular weight is 385 g/mol. The molecule has 0 aromatic carbocycles. The fraction of sp³-hybridized carbons (Fsp3) is 0.571. The summed E-state index contributed by atoms with van der Waals surface area (Å²) in [4.78, 5) is 23.5. The summed E-state index contributed by atoms with van der Waals surface area (Å²) in [5.41, 5.74) is 0.597. The third-order valence-corrected chi connectivity index (χ3v) is 5.22. The first-order chi connectivity index (χ1) is 13.5. The van der Waals surface area contributed by atoms with E-state index in [0.717, 1.165) is 50.5 Å². The molecular formula is C21H32N6O. The minimum Gasteiger partial charge on any atom is -0.367 e. The first-order valence-corrected chi connectivity index (χ1v) is 10.2. The van der Waals surface area contributed by atoms with Crippen molar-refractivity contribution in [2.24, 2.45) is 0 Å². The van der Waals surface area contributed by atoms with Gasteiger partial charge in [0.05, 0.1) is 5.56 Å². The maximum Gasteiger partial charge on any atom is 0.252 e. The van der Waals surface area contributed by atoms with E-state index in [1.165, 1.54) is 0 Å². The molecule has 2 N–H and O–H groups in total. The van der Waals surface area contributed by atoms with Gasteiger partial charge in [0.15, 0.2) is 0 Å². The Bertz CT molecular complexity index is 747. The second kappa shape index (κ2) is 9.68. The standard InChI is InChI=1S/C21H32N6O/c1-16(2)20-22-10-14-27(20)11-4-9-23-21(28)17-5-6-19(24-15-17)25-18-7-12-26(3)13-8-18/h5-6,10,14-16,18H,4,7-9,11-13H2,1-3H3,(H,23,28)(H,24,25). The highest BCUT2D eigenvalue weighted by Crippen LogP contribution is 2.15. The van der Waals surface area contributed by atoms with Crippen LogP contribution in [0.2, 0.25) is 0 Å². The number of amides is 1. The lowest BCUT2D eigenvalue weighted by atomic mass is 10.1. The van der Waals surface area contributed by atoms with E-state index in [1.807, 2.05) is 24.5 Å². The predicted molar refractivity (Wildman–Crippen MR) is 112 cm³/mol. The van der Waals surface area contributed by atoms with Gasteiger partial charge in [-0.15, -0.1) is 0 Å². The average Bonchev–Trinajstić information content (AvgIpc) is 3.16. The highest BCUT2D eigenvalue weighted by atomic mass is 16.1. The molecule has 7 nitrogen and oxygen atoms in total. The molecule has 1 fully saturated rings. The largest absolute Gasteiger partial charge is 0.367 e. The monoisotopic (exact) mass is 384 g/mol. The van der Waals surface area contributed by atoms with Crippen molar-refractivity contribution in [1.82, 2.24) is 24.8 Å². The third-order valence-electron chi connectivity index (χ3n) is 5.22. The number of carbonyl (C=O) groups excluding carboxylic acids is 1. The molecule has 0 spiro atoms. The Balaban J connectivity index is 1.41. The number of hydrogen-bond acceptors (Lipinski definition) is 5. The molecule has 0 bridgehead atoms. The maximum absolute atomic E-state index is 12.3. The van der Waals surface area contributed by atoms with Gasteiger partial charge in [-0.05, 0) is 51.5 Å². The Morgan fingerprint density at radius 1 is 1.25 bits per heavy atom. The number of aromatic nitrogens is 3. The molecule has 0 aliphatic carbocycles. The van der Waals surface area contributed by atoms with E-state index in [9.17, 15) is 4.79 Å². The molecule has 0 atom stereocenters. The van der Waals surface area contributed by atoms with Crippen molar-refractivity contribution in [1.29, 1.82) is 0 Å². The number of carbonyl (C=O) groups is 1. The number of piperidine rings is 1. The Morgan fingerprint density at radius 3 is 2.71 bits per heavy atom. The first kappa shape index (κ1) is 20.3. The van der Waals surface area contributed by atoms with Crippen LogP contribution in [-0.2, 0) is 6.54 Å². The predicted octanol–water partition coefficient (Wildman–Crippen LogP) is 2.73. The van der Waals surface area contributed by atoms with Crippen LogP contribution in [0.4, 0.5) is 5.82 Å². The van der Waals surface area contributed by atoms with Crippen LogP contribution in [0.25, 0.3) is 0 Å². The Hall–Kier alpha value is -2.41. The van der Waals surface area contributed by atoms with Gasteiger partial charge >= 0.3 is 0 Å². The van der Waals surface area contributed by atoms with Gasteiger partial charge in [-0.25, -0.2) is 9.97 Å². The fourth-order valence-electron chi connectivity index (χ4n) is 3.54. The van der Waals surface area contributed by atoms with Gasteiger partial charge in [0.25, 0.3) is 5.91 Å². The zero-order valence-corrected chi connectivity index (χ0v) is 17.2. The lowest BCUT2D eigenvalue weighted by Gasteiger charge is -2.29. The number of nitrogens with one attached hydrogen (secondary N) is 2. The number of anilines is 1. The van der Waals surface area contributed by atoms with E-state index in [1.54, 1.807) is 6.20 Å². The Morgan fingerprint density at radius 2 is 2.04 bits per heavy atom. The van der Waals surface area contributed by atoms with Gasteiger partial charge in [0.1, 0.15) is 11.6 Å². The number of pyridine rings is 1. The number of rotatable bonds is 8. The number of aryl methyl sites for hydroxylation is 1. The van der Waals surface area contributed by atoms with E-state index in [4.69, 9.17) is 0 Å². The van der Waals surface area contributed by atoms with E-state index in [-0.39, 0.29) is 5.91 Å². The molecule has 0 radical (unpaired) electrons. The molecule has 7 heteroatoms. The molecule has 3 heterocycles. The summed E-state index contributed by atoms with van der Waals surface area (Å²) in [6.45, 7) is 7.97. The highest BCUT2D eigenvalue weighted by molar-refractivity contribution is 5.94. The van der Waals surface area contributed by atoms with Crippen molar-refractivity contribution in [3.63, 3.8) is 0 Å². The summed E-state index contributed by atoms with van der Waals surface area (Å²) in [6.07, 6.45) is 8.59.